The van der Waals surface area contributed by atoms with Crippen molar-refractivity contribution >= 4 is 11.9 Å². The Morgan fingerprint density at radius 2 is 1.74 bits per heavy atom. The third kappa shape index (κ3) is 4.06. The van der Waals surface area contributed by atoms with Crippen molar-refractivity contribution in [1.29, 1.82) is 0 Å². The molecule has 2 unspecified atom stereocenters. The third-order valence-corrected chi connectivity index (χ3v) is 2.88. The maximum absolute atomic E-state index is 12.0. The normalized spacial score (nSPS) is 14.5. The van der Waals surface area contributed by atoms with Gasteiger partial charge in [0.15, 0.2) is 6.04 Å². The summed E-state index contributed by atoms with van der Waals surface area (Å²) >= 11 is 0. The number of carbonyl (C=O) groups is 2. The van der Waals surface area contributed by atoms with Gasteiger partial charge >= 0.3 is 5.97 Å². The van der Waals surface area contributed by atoms with E-state index >= 15 is 0 Å². The van der Waals surface area contributed by atoms with E-state index < -0.39 is 29.4 Å². The Morgan fingerprint density at radius 3 is 2.16 bits per heavy atom. The Bertz CT molecular complexity index is 452. The van der Waals surface area contributed by atoms with Crippen molar-refractivity contribution in [3.05, 3.63) is 35.9 Å². The number of carboxylic acid groups (broad SMARTS) is 1. The molecule has 0 spiro atoms. The summed E-state index contributed by atoms with van der Waals surface area (Å²) in [6.07, 6.45) is 0. The van der Waals surface area contributed by atoms with Gasteiger partial charge in [0.2, 0.25) is 5.91 Å². The number of benzene rings is 1. The molecule has 0 bridgehead atoms. The van der Waals surface area contributed by atoms with Crippen LogP contribution in [-0.2, 0) is 9.59 Å². The van der Waals surface area contributed by atoms with Gasteiger partial charge in [-0.2, -0.15) is 0 Å². The van der Waals surface area contributed by atoms with Gasteiger partial charge < -0.3 is 16.2 Å². The number of nitrogens with one attached hydrogen (secondary N) is 1. The van der Waals surface area contributed by atoms with Crippen LogP contribution in [0.4, 0.5) is 0 Å². The molecule has 19 heavy (non-hydrogen) atoms. The molecule has 1 aromatic rings. The second-order valence-corrected chi connectivity index (χ2v) is 5.53. The van der Waals surface area contributed by atoms with E-state index in [2.05, 4.69) is 5.32 Å². The first-order chi connectivity index (χ1) is 8.73. The van der Waals surface area contributed by atoms with E-state index in [9.17, 15) is 14.7 Å². The van der Waals surface area contributed by atoms with Crippen LogP contribution in [0, 0.1) is 5.41 Å². The van der Waals surface area contributed by atoms with Crippen LogP contribution in [-0.4, -0.2) is 23.0 Å². The minimum absolute atomic E-state index is 0.427. The van der Waals surface area contributed by atoms with Crippen molar-refractivity contribution in [1.82, 2.24) is 5.32 Å². The molecule has 0 aliphatic carbocycles. The minimum Gasteiger partial charge on any atom is -0.479 e. The topological polar surface area (TPSA) is 92.4 Å². The van der Waals surface area contributed by atoms with E-state index in [1.807, 2.05) is 20.8 Å². The lowest BCUT2D eigenvalue weighted by Gasteiger charge is -2.27. The average molecular weight is 264 g/mol. The molecule has 0 heterocycles. The minimum atomic E-state index is -1.11. The average Bonchev–Trinajstić information content (AvgIpc) is 2.34. The van der Waals surface area contributed by atoms with E-state index in [1.165, 1.54) is 0 Å². The van der Waals surface area contributed by atoms with Crippen LogP contribution in [0.1, 0.15) is 32.4 Å². The van der Waals surface area contributed by atoms with Gasteiger partial charge in [-0.25, -0.2) is 4.79 Å². The van der Waals surface area contributed by atoms with Crippen LogP contribution < -0.4 is 11.1 Å². The van der Waals surface area contributed by atoms with E-state index in [0.717, 1.165) is 0 Å². The van der Waals surface area contributed by atoms with Crippen molar-refractivity contribution in [3.8, 4) is 0 Å². The second-order valence-electron chi connectivity index (χ2n) is 5.53. The lowest BCUT2D eigenvalue weighted by Crippen LogP contribution is -2.50. The largest absolute Gasteiger partial charge is 0.479 e. The summed E-state index contributed by atoms with van der Waals surface area (Å²) in [5.74, 6) is -1.58. The molecular weight excluding hydrogens is 244 g/mol. The third-order valence-electron chi connectivity index (χ3n) is 2.88. The molecule has 0 aliphatic rings. The van der Waals surface area contributed by atoms with Gasteiger partial charge in [-0.15, -0.1) is 0 Å². The molecular formula is C14H20N2O3. The quantitative estimate of drug-likeness (QED) is 0.764. The first-order valence-electron chi connectivity index (χ1n) is 6.07. The first-order valence-corrected chi connectivity index (χ1v) is 6.07. The van der Waals surface area contributed by atoms with Crippen LogP contribution in [0.2, 0.25) is 0 Å². The molecule has 0 radical (unpaired) electrons. The highest BCUT2D eigenvalue weighted by molar-refractivity contribution is 5.87. The molecule has 0 saturated carbocycles. The van der Waals surface area contributed by atoms with Crippen molar-refractivity contribution in [2.75, 3.05) is 0 Å². The summed E-state index contributed by atoms with van der Waals surface area (Å²) in [6.45, 7) is 5.49. The van der Waals surface area contributed by atoms with Crippen molar-refractivity contribution < 1.29 is 14.7 Å². The number of carboxylic acids is 1. The van der Waals surface area contributed by atoms with Crippen LogP contribution in [0.15, 0.2) is 30.3 Å². The van der Waals surface area contributed by atoms with E-state index in [0.29, 0.717) is 5.56 Å². The molecule has 104 valence electrons. The fourth-order valence-corrected chi connectivity index (χ4v) is 1.56. The van der Waals surface area contributed by atoms with Crippen molar-refractivity contribution in [2.24, 2.45) is 11.1 Å². The maximum atomic E-state index is 12.0. The predicted molar refractivity (Wildman–Crippen MR) is 72.4 cm³/mol. The molecule has 0 aromatic heterocycles. The maximum Gasteiger partial charge on any atom is 0.330 e. The highest BCUT2D eigenvalue weighted by Gasteiger charge is 2.31. The highest BCUT2D eigenvalue weighted by Crippen LogP contribution is 2.19. The molecule has 4 N–H and O–H groups in total. The van der Waals surface area contributed by atoms with Crippen LogP contribution in [0.3, 0.4) is 0 Å². The number of nitrogens with two attached hydrogens (primary N) is 1. The number of hydrogen-bond acceptors (Lipinski definition) is 3. The number of amides is 1. The van der Waals surface area contributed by atoms with Crippen LogP contribution in [0.25, 0.3) is 0 Å². The lowest BCUT2D eigenvalue weighted by atomic mass is 9.86. The Labute approximate surface area is 112 Å². The number of aliphatic carboxylic acids is 1. The zero-order valence-corrected chi connectivity index (χ0v) is 11.4. The predicted octanol–water partition coefficient (Wildman–Crippen LogP) is 1.30. The van der Waals surface area contributed by atoms with E-state index in [1.54, 1.807) is 30.3 Å². The van der Waals surface area contributed by atoms with E-state index in [-0.39, 0.29) is 0 Å². The molecule has 5 heteroatoms. The monoisotopic (exact) mass is 264 g/mol. The second kappa shape index (κ2) is 5.84. The standard InChI is InChI=1S/C14H20N2O3/c1-14(2,3)11(15)12(17)16-10(13(18)19)9-7-5-4-6-8-9/h4-8,10-11H,15H2,1-3H3,(H,16,17)(H,18,19). The molecule has 1 rings (SSSR count). The highest BCUT2D eigenvalue weighted by atomic mass is 16.4. The summed E-state index contributed by atoms with van der Waals surface area (Å²) in [5, 5.41) is 11.7. The van der Waals surface area contributed by atoms with Gasteiger partial charge in [0, 0.05) is 0 Å². The number of rotatable bonds is 4. The van der Waals surface area contributed by atoms with Gasteiger partial charge in [-0.1, -0.05) is 51.1 Å². The van der Waals surface area contributed by atoms with Crippen LogP contribution >= 0.6 is 0 Å². The summed E-state index contributed by atoms with van der Waals surface area (Å²) < 4.78 is 0. The number of carbonyl (C=O) groups excluding carboxylic acids is 1. The summed E-state index contributed by atoms with van der Waals surface area (Å²) in [5.41, 5.74) is 5.91. The fraction of sp³-hybridized carbons (Fsp3) is 0.429. The van der Waals surface area contributed by atoms with E-state index in [4.69, 9.17) is 5.73 Å². The zero-order chi connectivity index (χ0) is 14.6. The summed E-state index contributed by atoms with van der Waals surface area (Å²) in [4.78, 5) is 23.2. The summed E-state index contributed by atoms with van der Waals surface area (Å²) in [6, 6.07) is 6.69. The molecule has 0 fully saturated rings. The smallest absolute Gasteiger partial charge is 0.330 e. The Kier molecular flexibility index (Phi) is 4.67. The lowest BCUT2D eigenvalue weighted by molar-refractivity contribution is -0.142. The first kappa shape index (κ1) is 15.2. The van der Waals surface area contributed by atoms with Gasteiger partial charge in [0.25, 0.3) is 0 Å². The molecule has 0 aliphatic heterocycles. The Hall–Kier alpha value is -1.88. The molecule has 1 aromatic carbocycles. The molecule has 5 nitrogen and oxygen atoms in total. The van der Waals surface area contributed by atoms with Crippen molar-refractivity contribution in [3.63, 3.8) is 0 Å². The SMILES string of the molecule is CC(C)(C)C(N)C(=O)NC(C(=O)O)c1ccccc1. The number of hydrogen-bond donors (Lipinski definition) is 3. The van der Waals surface area contributed by atoms with Crippen molar-refractivity contribution in [2.45, 2.75) is 32.9 Å². The molecule has 0 saturated heterocycles. The summed E-state index contributed by atoms with van der Waals surface area (Å²) in [7, 11) is 0. The molecule has 1 amide bonds. The Morgan fingerprint density at radius 1 is 1.21 bits per heavy atom. The fourth-order valence-electron chi connectivity index (χ4n) is 1.56. The Balaban J connectivity index is 2.87. The van der Waals surface area contributed by atoms with Gasteiger partial charge in [-0.05, 0) is 11.0 Å². The van der Waals surface area contributed by atoms with Gasteiger partial charge in [-0.3, -0.25) is 4.79 Å². The zero-order valence-electron chi connectivity index (χ0n) is 11.4. The molecule has 2 atom stereocenters. The van der Waals surface area contributed by atoms with Gasteiger partial charge in [0.05, 0.1) is 6.04 Å². The van der Waals surface area contributed by atoms with Gasteiger partial charge in [0.1, 0.15) is 0 Å². The van der Waals surface area contributed by atoms with Crippen LogP contribution in [0.5, 0.6) is 0 Å².